The molecule has 2 saturated heterocycles. The molecule has 0 bridgehead atoms. The number of pyridine rings is 1. The molecule has 5 rings (SSSR count). The van der Waals surface area contributed by atoms with Crippen molar-refractivity contribution in [1.29, 1.82) is 0 Å². The lowest BCUT2D eigenvalue weighted by Crippen LogP contribution is -2.63. The normalized spacial score (nSPS) is 26.8. The van der Waals surface area contributed by atoms with E-state index >= 15 is 0 Å². The van der Waals surface area contributed by atoms with Gasteiger partial charge < -0.3 is 15.0 Å². The fourth-order valence-corrected chi connectivity index (χ4v) is 6.23. The van der Waals surface area contributed by atoms with Crippen LogP contribution in [0.5, 0.6) is 0 Å². The van der Waals surface area contributed by atoms with Crippen LogP contribution in [0, 0.1) is 0 Å². The first kappa shape index (κ1) is 31.8. The Hall–Kier alpha value is -1.74. The van der Waals surface area contributed by atoms with Gasteiger partial charge in [0.25, 0.3) is 0 Å². The van der Waals surface area contributed by atoms with Gasteiger partial charge in [0, 0.05) is 62.0 Å². The number of morpholine rings is 1. The molecule has 1 aromatic carbocycles. The van der Waals surface area contributed by atoms with Gasteiger partial charge in [0.1, 0.15) is 0 Å². The molecule has 0 spiro atoms. The quantitative estimate of drug-likeness (QED) is 0.561. The van der Waals surface area contributed by atoms with E-state index in [-0.39, 0.29) is 36.1 Å². The lowest BCUT2D eigenvalue weighted by atomic mass is 9.91. The number of halogens is 2. The van der Waals surface area contributed by atoms with Crippen molar-refractivity contribution in [3.05, 3.63) is 59.4 Å². The van der Waals surface area contributed by atoms with Gasteiger partial charge in [-0.1, -0.05) is 44.2 Å². The molecule has 9 heteroatoms. The zero-order chi connectivity index (χ0) is 26.2. The van der Waals surface area contributed by atoms with Crippen LogP contribution in [0.2, 0.25) is 0 Å². The van der Waals surface area contributed by atoms with E-state index in [9.17, 15) is 4.79 Å². The number of anilines is 1. The van der Waals surface area contributed by atoms with Crippen molar-refractivity contribution in [3.8, 4) is 0 Å². The highest BCUT2D eigenvalue weighted by Crippen LogP contribution is 2.39. The van der Waals surface area contributed by atoms with Crippen molar-refractivity contribution < 1.29 is 9.53 Å². The number of benzene rings is 1. The molecule has 7 nitrogen and oxygen atoms in total. The van der Waals surface area contributed by atoms with E-state index in [2.05, 4.69) is 80.1 Å². The third-order valence-corrected chi connectivity index (χ3v) is 8.30. The van der Waals surface area contributed by atoms with Gasteiger partial charge in [-0.3, -0.25) is 19.6 Å². The third-order valence-electron chi connectivity index (χ3n) is 8.30. The van der Waals surface area contributed by atoms with Crippen LogP contribution in [0.25, 0.3) is 0 Å². The number of fused-ring (bicyclic) bond motifs is 1. The van der Waals surface area contributed by atoms with Crippen molar-refractivity contribution >= 4 is 36.4 Å². The number of rotatable bonds is 6. The highest BCUT2D eigenvalue weighted by Gasteiger charge is 2.41. The maximum Gasteiger partial charge on any atom is 0.241 e. The van der Waals surface area contributed by atoms with E-state index in [1.54, 1.807) is 0 Å². The van der Waals surface area contributed by atoms with E-state index in [0.717, 1.165) is 56.2 Å². The fourth-order valence-electron chi connectivity index (χ4n) is 6.23. The molecule has 39 heavy (non-hydrogen) atoms. The standard InChI is InChI=1S/C30H43N5O2.2ClH/c1-21-15-33(26(14-31-21)16-34-22(2)18-37-19-23(34)3)17-28(36)35-20-30(4,5)29-27(35)12-25(13-32-29)11-24-9-7-6-8-10-24;;/h6-10,12-13,21-23,26,31H,11,14-20H2,1-5H3;2*1H/t21-,22-,23-,26-;;/m1../s1. The summed E-state index contributed by atoms with van der Waals surface area (Å²) in [4.78, 5) is 25.7. The predicted octanol–water partition coefficient (Wildman–Crippen LogP) is 3.91. The lowest BCUT2D eigenvalue weighted by molar-refractivity contribution is -0.121. The summed E-state index contributed by atoms with van der Waals surface area (Å²) in [5.74, 6) is 0.174. The Kier molecular flexibility index (Phi) is 10.8. The summed E-state index contributed by atoms with van der Waals surface area (Å²) in [5.41, 5.74) is 4.25. The molecule has 0 aliphatic carbocycles. The smallest absolute Gasteiger partial charge is 0.241 e. The van der Waals surface area contributed by atoms with Crippen molar-refractivity contribution in [2.24, 2.45) is 0 Å². The molecular formula is C30H45Cl2N5O2. The second kappa shape index (κ2) is 13.3. The Labute approximate surface area is 246 Å². The summed E-state index contributed by atoms with van der Waals surface area (Å²) in [5, 5.41) is 3.65. The topological polar surface area (TPSA) is 60.9 Å². The minimum absolute atomic E-state index is 0. The molecule has 1 amide bonds. The van der Waals surface area contributed by atoms with Crippen molar-refractivity contribution in [3.63, 3.8) is 0 Å². The van der Waals surface area contributed by atoms with Crippen LogP contribution in [0.3, 0.4) is 0 Å². The van der Waals surface area contributed by atoms with Crippen molar-refractivity contribution in [1.82, 2.24) is 20.1 Å². The van der Waals surface area contributed by atoms with Crippen LogP contribution < -0.4 is 10.2 Å². The molecule has 0 unspecified atom stereocenters. The van der Waals surface area contributed by atoms with E-state index in [4.69, 9.17) is 9.72 Å². The average molecular weight is 579 g/mol. The minimum atomic E-state index is -0.162. The van der Waals surface area contributed by atoms with Gasteiger partial charge in [-0.2, -0.15) is 0 Å². The Balaban J connectivity index is 0.00000210. The number of ether oxygens (including phenoxy) is 1. The number of hydrogen-bond acceptors (Lipinski definition) is 6. The number of aromatic nitrogens is 1. The largest absolute Gasteiger partial charge is 0.378 e. The lowest BCUT2D eigenvalue weighted by Gasteiger charge is -2.46. The SMILES string of the molecule is C[C@@H]1CN(CC(=O)N2CC(C)(C)c3ncc(Cc4ccccc4)cc32)[C@@H](CN2[C@H](C)COC[C@H]2C)CN1.Cl.Cl. The van der Waals surface area contributed by atoms with Gasteiger partial charge in [0.05, 0.1) is 31.1 Å². The molecule has 3 aliphatic heterocycles. The minimum Gasteiger partial charge on any atom is -0.378 e. The van der Waals surface area contributed by atoms with Gasteiger partial charge >= 0.3 is 0 Å². The van der Waals surface area contributed by atoms with Gasteiger partial charge in [-0.05, 0) is 44.4 Å². The molecule has 3 aliphatic rings. The highest BCUT2D eigenvalue weighted by molar-refractivity contribution is 5.97. The van der Waals surface area contributed by atoms with E-state index < -0.39 is 0 Å². The predicted molar refractivity (Wildman–Crippen MR) is 163 cm³/mol. The molecule has 4 heterocycles. The van der Waals surface area contributed by atoms with Crippen LogP contribution in [-0.2, 0) is 21.4 Å². The van der Waals surface area contributed by atoms with Crippen LogP contribution in [0.4, 0.5) is 5.69 Å². The number of carbonyl (C=O) groups is 1. The second-order valence-corrected chi connectivity index (χ2v) is 12.1. The molecule has 1 N–H and O–H groups in total. The summed E-state index contributed by atoms with van der Waals surface area (Å²) in [7, 11) is 0. The molecule has 1 aromatic heterocycles. The number of nitrogens with one attached hydrogen (secondary N) is 1. The summed E-state index contributed by atoms with van der Waals surface area (Å²) < 4.78 is 5.75. The van der Waals surface area contributed by atoms with Crippen LogP contribution in [0.15, 0.2) is 42.6 Å². The van der Waals surface area contributed by atoms with Gasteiger partial charge in [0.15, 0.2) is 0 Å². The van der Waals surface area contributed by atoms with Crippen molar-refractivity contribution in [2.45, 2.75) is 70.6 Å². The molecule has 0 saturated carbocycles. The monoisotopic (exact) mass is 577 g/mol. The Morgan fingerprint density at radius 2 is 1.77 bits per heavy atom. The van der Waals surface area contributed by atoms with Gasteiger partial charge in [0.2, 0.25) is 5.91 Å². The number of carbonyl (C=O) groups excluding carboxylic acids is 1. The zero-order valence-electron chi connectivity index (χ0n) is 23.9. The van der Waals surface area contributed by atoms with Gasteiger partial charge in [-0.15, -0.1) is 24.8 Å². The van der Waals surface area contributed by atoms with Crippen molar-refractivity contribution in [2.75, 3.05) is 50.8 Å². The summed E-state index contributed by atoms with van der Waals surface area (Å²) >= 11 is 0. The first-order valence-electron chi connectivity index (χ1n) is 13.9. The number of hydrogen-bond donors (Lipinski definition) is 1. The molecule has 2 fully saturated rings. The summed E-state index contributed by atoms with van der Waals surface area (Å²) in [6.45, 7) is 16.5. The molecule has 0 radical (unpaired) electrons. The number of amides is 1. The molecular weight excluding hydrogens is 533 g/mol. The number of piperazine rings is 1. The second-order valence-electron chi connectivity index (χ2n) is 12.1. The Morgan fingerprint density at radius 1 is 1.08 bits per heavy atom. The van der Waals surface area contributed by atoms with Crippen LogP contribution in [-0.4, -0.2) is 90.8 Å². The highest BCUT2D eigenvalue weighted by atomic mass is 35.5. The first-order valence-corrected chi connectivity index (χ1v) is 13.9. The van der Waals surface area contributed by atoms with Crippen LogP contribution in [0.1, 0.15) is 51.4 Å². The molecule has 4 atom stereocenters. The summed E-state index contributed by atoms with van der Waals surface area (Å²) in [6, 6.07) is 14.1. The molecule has 216 valence electrons. The van der Waals surface area contributed by atoms with Gasteiger partial charge in [-0.25, -0.2) is 0 Å². The fraction of sp³-hybridized carbons (Fsp3) is 0.600. The average Bonchev–Trinajstić information content (AvgIpc) is 3.13. The van der Waals surface area contributed by atoms with E-state index in [1.165, 1.54) is 5.56 Å². The number of nitrogens with zero attached hydrogens (tertiary/aromatic N) is 4. The van der Waals surface area contributed by atoms with E-state index in [0.29, 0.717) is 37.3 Å². The third kappa shape index (κ3) is 7.13. The molecule has 2 aromatic rings. The first-order chi connectivity index (χ1) is 17.7. The summed E-state index contributed by atoms with van der Waals surface area (Å²) in [6.07, 6.45) is 2.80. The zero-order valence-corrected chi connectivity index (χ0v) is 25.6. The van der Waals surface area contributed by atoms with Crippen LogP contribution >= 0.6 is 24.8 Å². The Bertz CT molecular complexity index is 1090. The maximum atomic E-state index is 13.9. The Morgan fingerprint density at radius 3 is 2.46 bits per heavy atom. The van der Waals surface area contributed by atoms with E-state index in [1.807, 2.05) is 17.2 Å². The maximum absolute atomic E-state index is 13.9.